The molecule has 6 heteroatoms. The van der Waals surface area contributed by atoms with Gasteiger partial charge in [-0.2, -0.15) is 5.10 Å². The molecule has 0 saturated carbocycles. The summed E-state index contributed by atoms with van der Waals surface area (Å²) >= 11 is 0. The Morgan fingerprint density at radius 1 is 1.72 bits per heavy atom. The zero-order chi connectivity index (χ0) is 12.6. The Labute approximate surface area is 106 Å². The predicted molar refractivity (Wildman–Crippen MR) is 66.1 cm³/mol. The van der Waals surface area contributed by atoms with Crippen molar-refractivity contribution in [3.8, 4) is 0 Å². The van der Waals surface area contributed by atoms with E-state index >= 15 is 0 Å². The van der Waals surface area contributed by atoms with Crippen molar-refractivity contribution in [2.24, 2.45) is 18.4 Å². The summed E-state index contributed by atoms with van der Waals surface area (Å²) in [6.45, 7) is 2.94. The van der Waals surface area contributed by atoms with Crippen LogP contribution in [0.4, 0.5) is 5.82 Å². The van der Waals surface area contributed by atoms with E-state index in [2.05, 4.69) is 15.7 Å². The summed E-state index contributed by atoms with van der Waals surface area (Å²) in [5.74, 6) is 1.11. The van der Waals surface area contributed by atoms with Crippen LogP contribution in [0.25, 0.3) is 0 Å². The maximum absolute atomic E-state index is 12.6. The molecule has 98 valence electrons. The highest BCUT2D eigenvalue weighted by Crippen LogP contribution is 2.39. The molecule has 0 spiro atoms. The Morgan fingerprint density at radius 2 is 2.61 bits per heavy atom. The molecule has 3 rings (SSSR count). The van der Waals surface area contributed by atoms with E-state index in [1.165, 1.54) is 0 Å². The van der Waals surface area contributed by atoms with E-state index in [1.54, 1.807) is 10.9 Å². The van der Waals surface area contributed by atoms with Gasteiger partial charge in [0.15, 0.2) is 0 Å². The largest absolute Gasteiger partial charge is 0.381 e. The molecule has 0 unspecified atom stereocenters. The normalized spacial score (nSPS) is 31.1. The number of rotatable bonds is 2. The quantitative estimate of drug-likeness (QED) is 0.774. The van der Waals surface area contributed by atoms with Crippen LogP contribution in [-0.4, -0.2) is 42.0 Å². The molecule has 1 aromatic rings. The van der Waals surface area contributed by atoms with Gasteiger partial charge in [-0.25, -0.2) is 0 Å². The number of anilines is 1. The standard InChI is InChI=1S/C12H18N4O2/c1-16-10(2-4-14-16)15-11(17)12-3-5-18-7-9(12)6-13-8-12/h2,4,9,13H,3,5-8H2,1H3,(H,15,17)/t9-,12+/m0/s1. The molecule has 2 atom stereocenters. The van der Waals surface area contributed by atoms with Crippen molar-refractivity contribution in [2.45, 2.75) is 6.42 Å². The van der Waals surface area contributed by atoms with Gasteiger partial charge >= 0.3 is 0 Å². The van der Waals surface area contributed by atoms with Crippen molar-refractivity contribution >= 4 is 11.7 Å². The number of nitrogens with zero attached hydrogens (tertiary/aromatic N) is 2. The fourth-order valence-electron chi connectivity index (χ4n) is 2.92. The van der Waals surface area contributed by atoms with Gasteiger partial charge in [-0.05, 0) is 6.42 Å². The smallest absolute Gasteiger partial charge is 0.233 e. The molecular formula is C12H18N4O2. The zero-order valence-electron chi connectivity index (χ0n) is 10.5. The molecule has 6 nitrogen and oxygen atoms in total. The van der Waals surface area contributed by atoms with Crippen molar-refractivity contribution in [3.63, 3.8) is 0 Å². The van der Waals surface area contributed by atoms with Crippen LogP contribution in [0.15, 0.2) is 12.3 Å². The molecule has 18 heavy (non-hydrogen) atoms. The Kier molecular flexibility index (Phi) is 2.83. The van der Waals surface area contributed by atoms with Crippen molar-refractivity contribution in [1.82, 2.24) is 15.1 Å². The minimum absolute atomic E-state index is 0.0874. The first kappa shape index (κ1) is 11.7. The van der Waals surface area contributed by atoms with Gasteiger partial charge in [-0.1, -0.05) is 0 Å². The second kappa shape index (κ2) is 4.37. The SMILES string of the molecule is Cn1nccc1NC(=O)[C@@]12CCOC[C@@H]1CNC2. The van der Waals surface area contributed by atoms with Crippen LogP contribution >= 0.6 is 0 Å². The third kappa shape index (κ3) is 1.72. The third-order valence-corrected chi connectivity index (χ3v) is 4.14. The van der Waals surface area contributed by atoms with Crippen LogP contribution in [0, 0.1) is 11.3 Å². The highest BCUT2D eigenvalue weighted by atomic mass is 16.5. The van der Waals surface area contributed by atoms with Crippen molar-refractivity contribution in [1.29, 1.82) is 0 Å². The first-order chi connectivity index (χ1) is 8.72. The van der Waals surface area contributed by atoms with Crippen LogP contribution in [0.2, 0.25) is 0 Å². The van der Waals surface area contributed by atoms with Crippen LogP contribution in [0.5, 0.6) is 0 Å². The summed E-state index contributed by atoms with van der Waals surface area (Å²) in [6, 6.07) is 1.81. The minimum Gasteiger partial charge on any atom is -0.381 e. The highest BCUT2D eigenvalue weighted by molar-refractivity contribution is 5.95. The molecule has 0 aliphatic carbocycles. The van der Waals surface area contributed by atoms with E-state index in [0.29, 0.717) is 13.2 Å². The molecule has 2 aliphatic heterocycles. The lowest BCUT2D eigenvalue weighted by Gasteiger charge is -2.36. The summed E-state index contributed by atoms with van der Waals surface area (Å²) < 4.78 is 7.15. The van der Waals surface area contributed by atoms with Gasteiger partial charge < -0.3 is 15.4 Å². The fourth-order valence-corrected chi connectivity index (χ4v) is 2.92. The molecule has 3 heterocycles. The van der Waals surface area contributed by atoms with E-state index in [0.717, 1.165) is 25.3 Å². The lowest BCUT2D eigenvalue weighted by atomic mass is 9.73. The van der Waals surface area contributed by atoms with Gasteiger partial charge in [0.1, 0.15) is 5.82 Å². The Morgan fingerprint density at radius 3 is 3.39 bits per heavy atom. The lowest BCUT2D eigenvalue weighted by molar-refractivity contribution is -0.133. The van der Waals surface area contributed by atoms with Crippen molar-refractivity contribution in [3.05, 3.63) is 12.3 Å². The summed E-state index contributed by atoms with van der Waals surface area (Å²) in [4.78, 5) is 12.6. The number of fused-ring (bicyclic) bond motifs is 1. The number of hydrogen-bond acceptors (Lipinski definition) is 4. The minimum atomic E-state index is -0.317. The number of amides is 1. The fraction of sp³-hybridized carbons (Fsp3) is 0.667. The van der Waals surface area contributed by atoms with Gasteiger partial charge in [0.25, 0.3) is 0 Å². The first-order valence-corrected chi connectivity index (χ1v) is 6.30. The number of aromatic nitrogens is 2. The van der Waals surface area contributed by atoms with Crippen molar-refractivity contribution in [2.75, 3.05) is 31.6 Å². The van der Waals surface area contributed by atoms with Crippen LogP contribution in [0.1, 0.15) is 6.42 Å². The molecule has 0 radical (unpaired) electrons. The molecule has 1 aromatic heterocycles. The average Bonchev–Trinajstić information content (AvgIpc) is 2.97. The molecule has 0 bridgehead atoms. The van der Waals surface area contributed by atoms with E-state index < -0.39 is 0 Å². The second-order valence-corrected chi connectivity index (χ2v) is 5.10. The van der Waals surface area contributed by atoms with Gasteiger partial charge in [-0.15, -0.1) is 0 Å². The summed E-state index contributed by atoms with van der Waals surface area (Å²) in [5, 5.41) is 10.4. The third-order valence-electron chi connectivity index (χ3n) is 4.14. The number of ether oxygens (including phenoxy) is 1. The van der Waals surface area contributed by atoms with Gasteiger partial charge in [0.2, 0.25) is 5.91 Å². The first-order valence-electron chi connectivity index (χ1n) is 6.30. The van der Waals surface area contributed by atoms with E-state index in [1.807, 2.05) is 13.1 Å². The van der Waals surface area contributed by atoms with Gasteiger partial charge in [-0.3, -0.25) is 9.48 Å². The highest BCUT2D eigenvalue weighted by Gasteiger charge is 2.50. The number of aryl methyl sites for hydroxylation is 1. The summed E-state index contributed by atoms with van der Waals surface area (Å²) in [6.07, 6.45) is 2.47. The van der Waals surface area contributed by atoms with Crippen LogP contribution in [-0.2, 0) is 16.6 Å². The maximum atomic E-state index is 12.6. The van der Waals surface area contributed by atoms with Crippen LogP contribution < -0.4 is 10.6 Å². The summed E-state index contributed by atoms with van der Waals surface area (Å²) in [7, 11) is 1.82. The molecule has 2 N–H and O–H groups in total. The van der Waals surface area contributed by atoms with E-state index in [-0.39, 0.29) is 17.2 Å². The molecule has 2 saturated heterocycles. The predicted octanol–water partition coefficient (Wildman–Crippen LogP) is -0.0153. The monoisotopic (exact) mass is 250 g/mol. The number of nitrogens with one attached hydrogen (secondary N) is 2. The molecular weight excluding hydrogens is 232 g/mol. The average molecular weight is 250 g/mol. The van der Waals surface area contributed by atoms with Gasteiger partial charge in [0.05, 0.1) is 18.2 Å². The van der Waals surface area contributed by atoms with Crippen LogP contribution in [0.3, 0.4) is 0 Å². The molecule has 2 aliphatic rings. The van der Waals surface area contributed by atoms with E-state index in [9.17, 15) is 4.79 Å². The summed E-state index contributed by atoms with van der Waals surface area (Å²) in [5.41, 5.74) is -0.317. The topological polar surface area (TPSA) is 68.2 Å². The lowest BCUT2D eigenvalue weighted by Crippen LogP contribution is -2.47. The molecule has 1 amide bonds. The second-order valence-electron chi connectivity index (χ2n) is 5.10. The Balaban J connectivity index is 1.80. The Hall–Kier alpha value is -1.40. The van der Waals surface area contributed by atoms with E-state index in [4.69, 9.17) is 4.74 Å². The number of carbonyl (C=O) groups excluding carboxylic acids is 1. The Bertz CT molecular complexity index is 459. The van der Waals surface area contributed by atoms with Gasteiger partial charge in [0, 0.05) is 38.7 Å². The van der Waals surface area contributed by atoms with Crippen molar-refractivity contribution < 1.29 is 9.53 Å². The molecule has 2 fully saturated rings. The molecule has 0 aromatic carbocycles. The zero-order valence-corrected chi connectivity index (χ0v) is 10.5. The number of hydrogen-bond donors (Lipinski definition) is 2. The maximum Gasteiger partial charge on any atom is 0.233 e. The number of carbonyl (C=O) groups is 1.